The maximum atomic E-state index is 13.0. The first-order valence-electron chi connectivity index (χ1n) is 8.38. The highest BCUT2D eigenvalue weighted by Crippen LogP contribution is 2.27. The fraction of sp³-hybridized carbons (Fsp3) is 0.286. The summed E-state index contributed by atoms with van der Waals surface area (Å²) in [5.41, 5.74) is 2.70. The summed E-state index contributed by atoms with van der Waals surface area (Å²) in [5, 5.41) is 10.5. The molecule has 0 radical (unpaired) electrons. The third kappa shape index (κ3) is 6.79. The van der Waals surface area contributed by atoms with E-state index in [4.69, 9.17) is 0 Å². The quantitative estimate of drug-likeness (QED) is 0.572. The first-order valence-corrected chi connectivity index (χ1v) is 8.38. The number of halogens is 2. The Bertz CT molecular complexity index is 771. The number of nitrogens with zero attached hydrogens (tertiary/aromatic N) is 2. The van der Waals surface area contributed by atoms with Crippen LogP contribution in [-0.4, -0.2) is 48.9 Å². The van der Waals surface area contributed by atoms with Crippen LogP contribution in [0.5, 0.6) is 5.75 Å². The van der Waals surface area contributed by atoms with Crippen LogP contribution in [-0.2, 0) is 13.1 Å². The molecule has 0 fully saturated rings. The monoisotopic (exact) mass is 392 g/mol. The maximum Gasteiger partial charge on any atom is 0.185 e. The molecular weight excluding hydrogens is 367 g/mol. The lowest BCUT2D eigenvalue weighted by molar-refractivity contribution is 0.104. The van der Waals surface area contributed by atoms with E-state index in [1.54, 1.807) is 30.3 Å². The second-order valence-electron chi connectivity index (χ2n) is 6.87. The summed E-state index contributed by atoms with van der Waals surface area (Å²) in [5.74, 6) is -0.241. The Kier molecular flexibility index (Phi) is 8.63. The summed E-state index contributed by atoms with van der Waals surface area (Å²) in [4.78, 5) is 16.5. The van der Waals surface area contributed by atoms with E-state index in [9.17, 15) is 14.3 Å². The Balaban J connectivity index is 0.00000364. The van der Waals surface area contributed by atoms with E-state index in [1.165, 1.54) is 18.2 Å². The van der Waals surface area contributed by atoms with Crippen LogP contribution in [0.15, 0.2) is 42.5 Å². The fourth-order valence-corrected chi connectivity index (χ4v) is 2.67. The molecule has 0 unspecified atom stereocenters. The third-order valence-electron chi connectivity index (χ3n) is 3.82. The number of hydrogen-bond acceptors (Lipinski definition) is 4. The molecule has 1 N–H and O–H groups in total. The Labute approximate surface area is 166 Å². The number of carbonyl (C=O) groups excluding carboxylic acids is 1. The molecule has 0 bridgehead atoms. The van der Waals surface area contributed by atoms with Gasteiger partial charge >= 0.3 is 0 Å². The summed E-state index contributed by atoms with van der Waals surface area (Å²) >= 11 is 0. The van der Waals surface area contributed by atoms with Gasteiger partial charge in [0.15, 0.2) is 5.78 Å². The van der Waals surface area contributed by atoms with Gasteiger partial charge < -0.3 is 14.9 Å². The molecule has 0 aliphatic rings. The highest BCUT2D eigenvalue weighted by Gasteiger charge is 2.14. The van der Waals surface area contributed by atoms with Gasteiger partial charge in [-0.25, -0.2) is 4.39 Å². The first kappa shape index (κ1) is 22.8. The molecule has 2 aromatic rings. The van der Waals surface area contributed by atoms with Gasteiger partial charge in [-0.3, -0.25) is 4.79 Å². The molecule has 6 heteroatoms. The van der Waals surface area contributed by atoms with E-state index >= 15 is 0 Å². The molecular formula is C21H26ClFN2O2. The highest BCUT2D eigenvalue weighted by atomic mass is 35.5. The lowest BCUT2D eigenvalue weighted by Crippen LogP contribution is -2.15. The standard InChI is InChI=1S/C21H25FN2O2.ClH/c1-23(2)13-17-11-16(12-18(21(17)26)14-24(3)4)20(25)10-7-15-5-8-19(22)9-6-15;/h5-12,26H,13-14H2,1-4H3;1H. The second kappa shape index (κ2) is 10.2. The SMILES string of the molecule is CN(C)Cc1cc(C(=O)C=Cc2ccc(F)cc2)cc(CN(C)C)c1O.Cl. The molecule has 0 aliphatic heterocycles. The Morgan fingerprint density at radius 1 is 1.00 bits per heavy atom. The van der Waals surface area contributed by atoms with Crippen LogP contribution < -0.4 is 0 Å². The van der Waals surface area contributed by atoms with Crippen molar-refractivity contribution in [2.75, 3.05) is 28.2 Å². The molecule has 4 nitrogen and oxygen atoms in total. The van der Waals surface area contributed by atoms with Crippen molar-refractivity contribution in [3.05, 3.63) is 70.5 Å². The number of aromatic hydroxyl groups is 1. The Morgan fingerprint density at radius 3 is 1.93 bits per heavy atom. The van der Waals surface area contributed by atoms with Gasteiger partial charge in [0.2, 0.25) is 0 Å². The van der Waals surface area contributed by atoms with Gasteiger partial charge in [-0.15, -0.1) is 12.4 Å². The number of rotatable bonds is 7. The number of hydrogen-bond donors (Lipinski definition) is 1. The smallest absolute Gasteiger partial charge is 0.185 e. The van der Waals surface area contributed by atoms with Gasteiger partial charge in [0, 0.05) is 29.8 Å². The summed E-state index contributed by atoms with van der Waals surface area (Å²) < 4.78 is 13.0. The fourth-order valence-electron chi connectivity index (χ4n) is 2.67. The molecule has 0 saturated heterocycles. The summed E-state index contributed by atoms with van der Waals surface area (Å²) in [6, 6.07) is 9.40. The highest BCUT2D eigenvalue weighted by molar-refractivity contribution is 6.07. The van der Waals surface area contributed by atoms with E-state index in [0.717, 1.165) is 5.56 Å². The van der Waals surface area contributed by atoms with Crippen LogP contribution in [0, 0.1) is 5.82 Å². The van der Waals surface area contributed by atoms with E-state index in [-0.39, 0.29) is 29.8 Å². The van der Waals surface area contributed by atoms with Gasteiger partial charge in [-0.2, -0.15) is 0 Å². The number of carbonyl (C=O) groups is 1. The van der Waals surface area contributed by atoms with Crippen molar-refractivity contribution in [2.45, 2.75) is 13.1 Å². The number of phenolic OH excluding ortho intramolecular Hbond substituents is 1. The number of allylic oxidation sites excluding steroid dienone is 1. The molecule has 0 amide bonds. The van der Waals surface area contributed by atoms with Crippen molar-refractivity contribution in [3.63, 3.8) is 0 Å². The number of ketones is 1. The largest absolute Gasteiger partial charge is 0.507 e. The molecule has 2 rings (SSSR count). The second-order valence-corrected chi connectivity index (χ2v) is 6.87. The Morgan fingerprint density at radius 2 is 1.48 bits per heavy atom. The van der Waals surface area contributed by atoms with Crippen molar-refractivity contribution in [2.24, 2.45) is 0 Å². The normalized spacial score (nSPS) is 11.2. The summed E-state index contributed by atoms with van der Waals surface area (Å²) in [6.07, 6.45) is 3.13. The average Bonchev–Trinajstić information content (AvgIpc) is 2.56. The topological polar surface area (TPSA) is 43.8 Å². The van der Waals surface area contributed by atoms with Crippen molar-refractivity contribution in [1.82, 2.24) is 9.80 Å². The first-order chi connectivity index (χ1) is 12.3. The molecule has 0 aromatic heterocycles. The van der Waals surface area contributed by atoms with Crippen LogP contribution in [0.25, 0.3) is 6.08 Å². The Hall–Kier alpha value is -2.21. The molecule has 0 heterocycles. The van der Waals surface area contributed by atoms with Gasteiger partial charge in [0.1, 0.15) is 11.6 Å². The van der Waals surface area contributed by atoms with Crippen LogP contribution >= 0.6 is 12.4 Å². The molecule has 27 heavy (non-hydrogen) atoms. The molecule has 0 atom stereocenters. The molecule has 0 saturated carbocycles. The van der Waals surface area contributed by atoms with Crippen LogP contribution in [0.2, 0.25) is 0 Å². The van der Waals surface area contributed by atoms with Crippen LogP contribution in [0.3, 0.4) is 0 Å². The zero-order chi connectivity index (χ0) is 19.3. The van der Waals surface area contributed by atoms with Crippen molar-refractivity contribution in [3.8, 4) is 5.75 Å². The van der Waals surface area contributed by atoms with E-state index in [0.29, 0.717) is 29.8 Å². The van der Waals surface area contributed by atoms with Crippen LogP contribution in [0.1, 0.15) is 27.0 Å². The van der Waals surface area contributed by atoms with E-state index < -0.39 is 0 Å². The lowest BCUT2D eigenvalue weighted by Gasteiger charge is -2.17. The van der Waals surface area contributed by atoms with E-state index in [1.807, 2.05) is 38.0 Å². The van der Waals surface area contributed by atoms with Gasteiger partial charge in [-0.1, -0.05) is 18.2 Å². The molecule has 146 valence electrons. The van der Waals surface area contributed by atoms with E-state index in [2.05, 4.69) is 0 Å². The zero-order valence-electron chi connectivity index (χ0n) is 16.1. The van der Waals surface area contributed by atoms with Crippen molar-refractivity contribution in [1.29, 1.82) is 0 Å². The number of phenols is 1. The van der Waals surface area contributed by atoms with Crippen LogP contribution in [0.4, 0.5) is 4.39 Å². The summed E-state index contributed by atoms with van der Waals surface area (Å²) in [7, 11) is 7.64. The third-order valence-corrected chi connectivity index (χ3v) is 3.82. The molecule has 0 aliphatic carbocycles. The zero-order valence-corrected chi connectivity index (χ0v) is 16.9. The molecule has 2 aromatic carbocycles. The van der Waals surface area contributed by atoms with Gasteiger partial charge in [0.25, 0.3) is 0 Å². The number of benzene rings is 2. The van der Waals surface area contributed by atoms with Crippen molar-refractivity contribution < 1.29 is 14.3 Å². The predicted molar refractivity (Wildman–Crippen MR) is 110 cm³/mol. The molecule has 0 spiro atoms. The van der Waals surface area contributed by atoms with Crippen molar-refractivity contribution >= 4 is 24.3 Å². The summed E-state index contributed by atoms with van der Waals surface area (Å²) in [6.45, 7) is 1.07. The van der Waals surface area contributed by atoms with Gasteiger partial charge in [0.05, 0.1) is 0 Å². The lowest BCUT2D eigenvalue weighted by atomic mass is 10.00. The minimum absolute atomic E-state index is 0. The predicted octanol–water partition coefficient (Wildman–Crippen LogP) is 3.97. The maximum absolute atomic E-state index is 13.0. The average molecular weight is 393 g/mol. The minimum Gasteiger partial charge on any atom is -0.507 e. The minimum atomic E-state index is -0.311. The van der Waals surface area contributed by atoms with Gasteiger partial charge in [-0.05, 0) is 64.1 Å².